The van der Waals surface area contributed by atoms with Crippen LogP contribution >= 0.6 is 0 Å². The molecule has 0 spiro atoms. The van der Waals surface area contributed by atoms with Crippen LogP contribution in [0.4, 0.5) is 0 Å². The quantitative estimate of drug-likeness (QED) is 0.758. The fourth-order valence-corrected chi connectivity index (χ4v) is 1.84. The summed E-state index contributed by atoms with van der Waals surface area (Å²) < 4.78 is 5.17. The molecule has 0 saturated heterocycles. The molecule has 19 heavy (non-hydrogen) atoms. The van der Waals surface area contributed by atoms with Crippen LogP contribution in [-0.2, 0) is 0 Å². The SMILES string of the molecule is COc1ccc2nc(-c3ccc(C#N)cn3)[nH]c2c1. The Kier molecular flexibility index (Phi) is 2.62. The molecule has 0 fully saturated rings. The lowest BCUT2D eigenvalue weighted by Gasteiger charge is -1.96. The lowest BCUT2D eigenvalue weighted by atomic mass is 10.2. The minimum Gasteiger partial charge on any atom is -0.497 e. The van der Waals surface area contributed by atoms with Crippen molar-refractivity contribution in [1.29, 1.82) is 5.26 Å². The van der Waals surface area contributed by atoms with Gasteiger partial charge in [-0.3, -0.25) is 4.98 Å². The number of pyridine rings is 1. The molecule has 3 rings (SSSR count). The molecule has 0 radical (unpaired) electrons. The molecular weight excluding hydrogens is 240 g/mol. The molecule has 92 valence electrons. The maximum absolute atomic E-state index is 8.74. The zero-order chi connectivity index (χ0) is 13.2. The van der Waals surface area contributed by atoms with Crippen LogP contribution in [0, 0.1) is 11.3 Å². The topological polar surface area (TPSA) is 74.6 Å². The van der Waals surface area contributed by atoms with Crippen molar-refractivity contribution in [2.45, 2.75) is 0 Å². The first-order valence-electron chi connectivity index (χ1n) is 5.70. The molecule has 2 heterocycles. The largest absolute Gasteiger partial charge is 0.497 e. The maximum atomic E-state index is 8.74. The van der Waals surface area contributed by atoms with Crippen LogP contribution in [0.3, 0.4) is 0 Å². The number of hydrogen-bond acceptors (Lipinski definition) is 4. The number of fused-ring (bicyclic) bond motifs is 1. The maximum Gasteiger partial charge on any atom is 0.157 e. The van der Waals surface area contributed by atoms with Crippen molar-refractivity contribution in [3.63, 3.8) is 0 Å². The van der Waals surface area contributed by atoms with E-state index >= 15 is 0 Å². The number of hydrogen-bond donors (Lipinski definition) is 1. The van der Waals surface area contributed by atoms with Crippen LogP contribution < -0.4 is 4.74 Å². The monoisotopic (exact) mass is 250 g/mol. The van der Waals surface area contributed by atoms with E-state index in [2.05, 4.69) is 15.0 Å². The summed E-state index contributed by atoms with van der Waals surface area (Å²) in [6.45, 7) is 0. The van der Waals surface area contributed by atoms with E-state index in [0.717, 1.165) is 16.8 Å². The molecule has 2 aromatic heterocycles. The number of nitriles is 1. The summed E-state index contributed by atoms with van der Waals surface area (Å²) in [5, 5.41) is 8.74. The number of benzene rings is 1. The van der Waals surface area contributed by atoms with Crippen LogP contribution in [0.5, 0.6) is 5.75 Å². The summed E-state index contributed by atoms with van der Waals surface area (Å²) in [5.74, 6) is 1.45. The van der Waals surface area contributed by atoms with Crippen LogP contribution in [0.15, 0.2) is 36.5 Å². The van der Waals surface area contributed by atoms with Crippen molar-refractivity contribution in [3.05, 3.63) is 42.1 Å². The molecule has 5 heteroatoms. The molecule has 3 aromatic rings. The number of aromatic amines is 1. The summed E-state index contributed by atoms with van der Waals surface area (Å²) in [6.07, 6.45) is 1.53. The molecule has 1 aromatic carbocycles. The Balaban J connectivity index is 2.07. The van der Waals surface area contributed by atoms with Crippen molar-refractivity contribution in [1.82, 2.24) is 15.0 Å². The van der Waals surface area contributed by atoms with Gasteiger partial charge in [-0.15, -0.1) is 0 Å². The molecule has 1 N–H and O–H groups in total. The number of rotatable bonds is 2. The highest BCUT2D eigenvalue weighted by Crippen LogP contribution is 2.22. The van der Waals surface area contributed by atoms with Gasteiger partial charge in [0.05, 0.1) is 23.7 Å². The Morgan fingerprint density at radius 3 is 2.84 bits per heavy atom. The first-order chi connectivity index (χ1) is 9.30. The van der Waals surface area contributed by atoms with Crippen LogP contribution in [0.25, 0.3) is 22.6 Å². The zero-order valence-electron chi connectivity index (χ0n) is 10.2. The normalized spacial score (nSPS) is 10.3. The molecule has 0 saturated carbocycles. The number of aromatic nitrogens is 3. The Bertz CT molecular complexity index is 768. The second-order valence-electron chi connectivity index (χ2n) is 4.01. The van der Waals surface area contributed by atoms with E-state index in [4.69, 9.17) is 10.00 Å². The van der Waals surface area contributed by atoms with Gasteiger partial charge in [0.15, 0.2) is 5.82 Å². The zero-order valence-corrected chi connectivity index (χ0v) is 10.2. The van der Waals surface area contributed by atoms with Crippen molar-refractivity contribution in [2.75, 3.05) is 7.11 Å². The Morgan fingerprint density at radius 1 is 1.26 bits per heavy atom. The van der Waals surface area contributed by atoms with Crippen molar-refractivity contribution in [3.8, 4) is 23.3 Å². The number of methoxy groups -OCH3 is 1. The summed E-state index contributed by atoms with van der Waals surface area (Å²) in [4.78, 5) is 11.9. The van der Waals surface area contributed by atoms with Gasteiger partial charge < -0.3 is 9.72 Å². The lowest BCUT2D eigenvalue weighted by Crippen LogP contribution is -1.86. The van der Waals surface area contributed by atoms with Crippen molar-refractivity contribution >= 4 is 11.0 Å². The lowest BCUT2D eigenvalue weighted by molar-refractivity contribution is 0.415. The van der Waals surface area contributed by atoms with Gasteiger partial charge >= 0.3 is 0 Å². The average molecular weight is 250 g/mol. The van der Waals surface area contributed by atoms with Crippen LogP contribution in [-0.4, -0.2) is 22.1 Å². The van der Waals surface area contributed by atoms with E-state index in [-0.39, 0.29) is 0 Å². The van der Waals surface area contributed by atoms with Crippen LogP contribution in [0.2, 0.25) is 0 Å². The number of nitrogens with zero attached hydrogens (tertiary/aromatic N) is 3. The summed E-state index contributed by atoms with van der Waals surface area (Å²) in [7, 11) is 1.63. The minimum absolute atomic E-state index is 0.529. The number of imidazole rings is 1. The molecule has 0 aliphatic heterocycles. The van der Waals surface area contributed by atoms with Gasteiger partial charge in [-0.2, -0.15) is 5.26 Å². The number of ether oxygens (including phenoxy) is 1. The third kappa shape index (κ3) is 2.00. The van der Waals surface area contributed by atoms with E-state index in [1.807, 2.05) is 24.3 Å². The summed E-state index contributed by atoms with van der Waals surface area (Å²) >= 11 is 0. The molecular formula is C14H10N4O. The summed E-state index contributed by atoms with van der Waals surface area (Å²) in [6, 6.07) is 11.2. The highest BCUT2D eigenvalue weighted by Gasteiger charge is 2.07. The molecule has 0 bridgehead atoms. The van der Waals surface area contributed by atoms with E-state index in [9.17, 15) is 0 Å². The van der Waals surface area contributed by atoms with Gasteiger partial charge in [0, 0.05) is 12.3 Å². The van der Waals surface area contributed by atoms with Crippen molar-refractivity contribution in [2.24, 2.45) is 0 Å². The van der Waals surface area contributed by atoms with Crippen LogP contribution in [0.1, 0.15) is 5.56 Å². The average Bonchev–Trinajstić information content (AvgIpc) is 2.90. The van der Waals surface area contributed by atoms with E-state index < -0.39 is 0 Å². The van der Waals surface area contributed by atoms with Gasteiger partial charge in [-0.05, 0) is 24.3 Å². The fraction of sp³-hybridized carbons (Fsp3) is 0.0714. The standard InChI is InChI=1S/C14H10N4O/c1-19-10-3-5-11-13(6-10)18-14(17-11)12-4-2-9(7-15)8-16-12/h2-6,8H,1H3,(H,17,18). The summed E-state index contributed by atoms with van der Waals surface area (Å²) in [5.41, 5.74) is 2.97. The van der Waals surface area contributed by atoms with Gasteiger partial charge in [0.1, 0.15) is 17.5 Å². The Labute approximate surface area is 109 Å². The smallest absolute Gasteiger partial charge is 0.157 e. The van der Waals surface area contributed by atoms with E-state index in [1.165, 1.54) is 6.20 Å². The molecule has 0 aliphatic carbocycles. The third-order valence-corrected chi connectivity index (χ3v) is 2.82. The fourth-order valence-electron chi connectivity index (χ4n) is 1.84. The molecule has 5 nitrogen and oxygen atoms in total. The molecule has 0 aliphatic rings. The minimum atomic E-state index is 0.529. The highest BCUT2D eigenvalue weighted by atomic mass is 16.5. The second kappa shape index (κ2) is 4.42. The first kappa shape index (κ1) is 11.2. The third-order valence-electron chi connectivity index (χ3n) is 2.82. The second-order valence-corrected chi connectivity index (χ2v) is 4.01. The highest BCUT2D eigenvalue weighted by molar-refractivity contribution is 5.80. The van der Waals surface area contributed by atoms with Gasteiger partial charge in [0.2, 0.25) is 0 Å². The van der Waals surface area contributed by atoms with Crippen molar-refractivity contribution < 1.29 is 4.74 Å². The van der Waals surface area contributed by atoms with Gasteiger partial charge in [0.25, 0.3) is 0 Å². The van der Waals surface area contributed by atoms with E-state index in [1.54, 1.807) is 19.2 Å². The van der Waals surface area contributed by atoms with E-state index in [0.29, 0.717) is 17.1 Å². The predicted molar refractivity (Wildman–Crippen MR) is 70.6 cm³/mol. The Morgan fingerprint density at radius 2 is 2.16 bits per heavy atom. The Hall–Kier alpha value is -2.87. The van der Waals surface area contributed by atoms with Gasteiger partial charge in [-0.25, -0.2) is 4.98 Å². The number of H-pyrrole nitrogens is 1. The first-order valence-corrected chi connectivity index (χ1v) is 5.70. The number of nitrogens with one attached hydrogen (secondary N) is 1. The predicted octanol–water partition coefficient (Wildman–Crippen LogP) is 2.51. The van der Waals surface area contributed by atoms with Gasteiger partial charge in [-0.1, -0.05) is 0 Å². The molecule has 0 atom stereocenters. The molecule has 0 amide bonds. The molecule has 0 unspecified atom stereocenters.